The number of likely N-dealkylation sites (N-methyl/N-ethyl adjacent to an activating group) is 1. The quantitative estimate of drug-likeness (QED) is 0.862. The summed E-state index contributed by atoms with van der Waals surface area (Å²) >= 11 is 1.71. The number of thiophene rings is 1. The lowest BCUT2D eigenvalue weighted by Gasteiger charge is -2.34. The van der Waals surface area contributed by atoms with Crippen LogP contribution in [0.5, 0.6) is 0 Å². The summed E-state index contributed by atoms with van der Waals surface area (Å²) in [6.07, 6.45) is 1.78. The molecule has 5 nitrogen and oxygen atoms in total. The minimum Gasteiger partial charge on any atom is -0.347 e. The van der Waals surface area contributed by atoms with E-state index in [1.54, 1.807) is 36.5 Å². The molecule has 0 spiro atoms. The molecule has 106 valence electrons. The Hall–Kier alpha value is -1.66. The highest BCUT2D eigenvalue weighted by Crippen LogP contribution is 2.23. The number of aromatic nitrogens is 2. The van der Waals surface area contributed by atoms with Crippen LogP contribution in [0, 0.1) is 0 Å². The topological polar surface area (TPSA) is 41.4 Å². The first-order valence-electron chi connectivity index (χ1n) is 6.62. The zero-order valence-corrected chi connectivity index (χ0v) is 12.5. The molecule has 2 aromatic heterocycles. The Morgan fingerprint density at radius 3 is 3.05 bits per heavy atom. The van der Waals surface area contributed by atoms with Gasteiger partial charge in [-0.3, -0.25) is 14.4 Å². The van der Waals surface area contributed by atoms with Gasteiger partial charge in [0.2, 0.25) is 5.91 Å². The number of amides is 1. The van der Waals surface area contributed by atoms with Crippen molar-refractivity contribution in [2.75, 3.05) is 20.6 Å². The third kappa shape index (κ3) is 2.48. The highest BCUT2D eigenvalue weighted by molar-refractivity contribution is 7.07. The van der Waals surface area contributed by atoms with E-state index in [-0.39, 0.29) is 11.9 Å². The standard InChI is InChI=1S/C14H18N4OS/c1-16(2)14(19)13-9-17(7-11-4-6-20-10-11)8-12-3-5-15-18(12)13/h3-6,10,13H,7-9H2,1-2H3/t13-/m1/s1. The smallest absolute Gasteiger partial charge is 0.248 e. The molecule has 1 aliphatic rings. The maximum atomic E-state index is 12.3. The summed E-state index contributed by atoms with van der Waals surface area (Å²) in [6, 6.07) is 3.91. The molecule has 3 rings (SSSR count). The molecular formula is C14H18N4OS. The van der Waals surface area contributed by atoms with E-state index in [0.717, 1.165) is 18.8 Å². The van der Waals surface area contributed by atoms with Gasteiger partial charge in [0.05, 0.1) is 5.69 Å². The van der Waals surface area contributed by atoms with Gasteiger partial charge in [-0.2, -0.15) is 16.4 Å². The normalized spacial score (nSPS) is 18.8. The van der Waals surface area contributed by atoms with Crippen LogP contribution in [0.4, 0.5) is 0 Å². The maximum Gasteiger partial charge on any atom is 0.248 e. The molecule has 1 amide bonds. The first kappa shape index (κ1) is 13.3. The van der Waals surface area contributed by atoms with E-state index in [1.807, 2.05) is 10.7 Å². The second-order valence-corrected chi connectivity index (χ2v) is 6.10. The van der Waals surface area contributed by atoms with E-state index in [2.05, 4.69) is 26.8 Å². The number of hydrogen-bond donors (Lipinski definition) is 0. The van der Waals surface area contributed by atoms with Gasteiger partial charge in [0.25, 0.3) is 0 Å². The van der Waals surface area contributed by atoms with Crippen molar-refractivity contribution in [2.45, 2.75) is 19.1 Å². The average Bonchev–Trinajstić information content (AvgIpc) is 3.07. The number of fused-ring (bicyclic) bond motifs is 1. The van der Waals surface area contributed by atoms with Gasteiger partial charge in [-0.25, -0.2) is 0 Å². The Morgan fingerprint density at radius 2 is 2.35 bits per heavy atom. The summed E-state index contributed by atoms with van der Waals surface area (Å²) in [5.41, 5.74) is 2.41. The van der Waals surface area contributed by atoms with Crippen molar-refractivity contribution in [2.24, 2.45) is 0 Å². The zero-order chi connectivity index (χ0) is 14.1. The van der Waals surface area contributed by atoms with Crippen molar-refractivity contribution in [1.29, 1.82) is 0 Å². The van der Waals surface area contributed by atoms with Gasteiger partial charge in [-0.15, -0.1) is 0 Å². The summed E-state index contributed by atoms with van der Waals surface area (Å²) in [4.78, 5) is 16.3. The fraction of sp³-hybridized carbons (Fsp3) is 0.429. The van der Waals surface area contributed by atoms with E-state index in [1.165, 1.54) is 5.56 Å². The summed E-state index contributed by atoms with van der Waals surface area (Å²) in [7, 11) is 3.59. The predicted octanol–water partition coefficient (Wildman–Crippen LogP) is 1.59. The van der Waals surface area contributed by atoms with Crippen molar-refractivity contribution in [1.82, 2.24) is 19.6 Å². The molecule has 0 N–H and O–H groups in total. The third-order valence-electron chi connectivity index (χ3n) is 3.58. The Balaban J connectivity index is 1.83. The van der Waals surface area contributed by atoms with Crippen LogP contribution in [0.15, 0.2) is 29.1 Å². The molecule has 0 saturated carbocycles. The number of carbonyl (C=O) groups is 1. The molecule has 0 fully saturated rings. The van der Waals surface area contributed by atoms with Crippen LogP contribution in [-0.2, 0) is 17.9 Å². The van der Waals surface area contributed by atoms with Gasteiger partial charge in [0, 0.05) is 39.9 Å². The van der Waals surface area contributed by atoms with Gasteiger partial charge < -0.3 is 4.90 Å². The Bertz CT molecular complexity index is 590. The fourth-order valence-corrected chi connectivity index (χ4v) is 3.26. The van der Waals surface area contributed by atoms with Crippen LogP contribution < -0.4 is 0 Å². The molecule has 1 atom stereocenters. The van der Waals surface area contributed by atoms with Crippen molar-refractivity contribution < 1.29 is 4.79 Å². The number of hydrogen-bond acceptors (Lipinski definition) is 4. The second kappa shape index (κ2) is 5.38. The third-order valence-corrected chi connectivity index (χ3v) is 4.31. The molecule has 3 heterocycles. The number of rotatable bonds is 3. The van der Waals surface area contributed by atoms with E-state index < -0.39 is 0 Å². The molecular weight excluding hydrogens is 272 g/mol. The van der Waals surface area contributed by atoms with E-state index in [4.69, 9.17) is 0 Å². The molecule has 0 saturated heterocycles. The van der Waals surface area contributed by atoms with Crippen LogP contribution in [0.1, 0.15) is 17.3 Å². The molecule has 0 bridgehead atoms. The van der Waals surface area contributed by atoms with Crippen molar-refractivity contribution in [3.63, 3.8) is 0 Å². The van der Waals surface area contributed by atoms with Gasteiger partial charge in [-0.1, -0.05) is 0 Å². The molecule has 6 heteroatoms. The van der Waals surface area contributed by atoms with Gasteiger partial charge in [0.15, 0.2) is 0 Å². The van der Waals surface area contributed by atoms with Crippen LogP contribution in [0.25, 0.3) is 0 Å². The van der Waals surface area contributed by atoms with Crippen molar-refractivity contribution in [3.8, 4) is 0 Å². The monoisotopic (exact) mass is 290 g/mol. The maximum absolute atomic E-state index is 12.3. The zero-order valence-electron chi connectivity index (χ0n) is 11.7. The Kier molecular flexibility index (Phi) is 3.58. The number of carbonyl (C=O) groups excluding carboxylic acids is 1. The van der Waals surface area contributed by atoms with Gasteiger partial charge in [-0.05, 0) is 28.5 Å². The molecule has 0 unspecified atom stereocenters. The molecule has 0 aliphatic carbocycles. The lowest BCUT2D eigenvalue weighted by Crippen LogP contribution is -2.44. The molecule has 0 aromatic carbocycles. The minimum absolute atomic E-state index is 0.102. The van der Waals surface area contributed by atoms with Crippen LogP contribution in [-0.4, -0.2) is 46.1 Å². The lowest BCUT2D eigenvalue weighted by atomic mass is 10.1. The van der Waals surface area contributed by atoms with Crippen LogP contribution >= 0.6 is 11.3 Å². The minimum atomic E-state index is -0.220. The van der Waals surface area contributed by atoms with Gasteiger partial charge >= 0.3 is 0 Å². The second-order valence-electron chi connectivity index (χ2n) is 5.32. The summed E-state index contributed by atoms with van der Waals surface area (Å²) in [5.74, 6) is 0.102. The number of nitrogens with zero attached hydrogens (tertiary/aromatic N) is 4. The Labute approximate surface area is 122 Å². The van der Waals surface area contributed by atoms with Gasteiger partial charge in [0.1, 0.15) is 6.04 Å². The molecule has 20 heavy (non-hydrogen) atoms. The Morgan fingerprint density at radius 1 is 1.50 bits per heavy atom. The van der Waals surface area contributed by atoms with E-state index in [0.29, 0.717) is 6.54 Å². The van der Waals surface area contributed by atoms with Crippen LogP contribution in [0.2, 0.25) is 0 Å². The average molecular weight is 290 g/mol. The molecule has 1 aliphatic heterocycles. The van der Waals surface area contributed by atoms with Crippen molar-refractivity contribution >= 4 is 17.2 Å². The molecule has 0 radical (unpaired) electrons. The van der Waals surface area contributed by atoms with Crippen molar-refractivity contribution in [3.05, 3.63) is 40.3 Å². The first-order chi connectivity index (χ1) is 9.65. The largest absolute Gasteiger partial charge is 0.347 e. The highest BCUT2D eigenvalue weighted by Gasteiger charge is 2.31. The molecule has 2 aromatic rings. The first-order valence-corrected chi connectivity index (χ1v) is 7.56. The summed E-state index contributed by atoms with van der Waals surface area (Å²) in [5, 5.41) is 8.57. The lowest BCUT2D eigenvalue weighted by molar-refractivity contribution is -0.134. The summed E-state index contributed by atoms with van der Waals surface area (Å²) in [6.45, 7) is 2.43. The SMILES string of the molecule is CN(C)C(=O)[C@H]1CN(Cc2ccsc2)Cc2ccnn21. The summed E-state index contributed by atoms with van der Waals surface area (Å²) < 4.78 is 1.87. The van der Waals surface area contributed by atoms with E-state index in [9.17, 15) is 4.79 Å². The predicted molar refractivity (Wildman–Crippen MR) is 78.4 cm³/mol. The van der Waals surface area contributed by atoms with E-state index >= 15 is 0 Å². The van der Waals surface area contributed by atoms with Crippen LogP contribution in [0.3, 0.4) is 0 Å². The fourth-order valence-electron chi connectivity index (χ4n) is 2.61. The highest BCUT2D eigenvalue weighted by atomic mass is 32.1.